The van der Waals surface area contributed by atoms with Crippen molar-refractivity contribution in [1.29, 1.82) is 5.26 Å². The molecule has 12 heteroatoms. The van der Waals surface area contributed by atoms with Crippen molar-refractivity contribution in [2.45, 2.75) is 24.0 Å². The zero-order valence-corrected chi connectivity index (χ0v) is 16.6. The lowest BCUT2D eigenvalue weighted by atomic mass is 10.1. The Kier molecular flexibility index (Phi) is 6.36. The highest BCUT2D eigenvalue weighted by atomic mass is 32.2. The number of nitriles is 1. The molecule has 31 heavy (non-hydrogen) atoms. The van der Waals surface area contributed by atoms with Gasteiger partial charge >= 0.3 is 6.18 Å². The van der Waals surface area contributed by atoms with Gasteiger partial charge in [0.25, 0.3) is 10.0 Å². The number of halogens is 3. The van der Waals surface area contributed by atoms with Crippen LogP contribution in [0.2, 0.25) is 0 Å². The van der Waals surface area contributed by atoms with Crippen molar-refractivity contribution in [3.05, 3.63) is 65.5 Å². The maximum atomic E-state index is 13.2. The summed E-state index contributed by atoms with van der Waals surface area (Å²) in [7, 11) is -4.02. The molecule has 8 nitrogen and oxygen atoms in total. The van der Waals surface area contributed by atoms with Gasteiger partial charge in [-0.05, 0) is 58.5 Å². The van der Waals surface area contributed by atoms with E-state index in [0.29, 0.717) is 0 Å². The summed E-state index contributed by atoms with van der Waals surface area (Å²) < 4.78 is 68.4. The number of nitrogens with one attached hydrogen (secondary N) is 1. The number of nitrogens with zero attached hydrogens (tertiary/aromatic N) is 5. The number of aromatic nitrogens is 4. The second-order valence-electron chi connectivity index (χ2n) is 6.22. The summed E-state index contributed by atoms with van der Waals surface area (Å²) in [6.07, 6.45) is -1.87. The van der Waals surface area contributed by atoms with Gasteiger partial charge in [-0.15, -0.1) is 5.10 Å². The van der Waals surface area contributed by atoms with Crippen LogP contribution < -0.4 is 4.72 Å². The average Bonchev–Trinajstić information content (AvgIpc) is 3.18. The Morgan fingerprint density at radius 3 is 2.55 bits per heavy atom. The largest absolute Gasteiger partial charge is 0.416 e. The van der Waals surface area contributed by atoms with Gasteiger partial charge in [-0.25, -0.2) is 13.1 Å². The lowest BCUT2D eigenvalue weighted by Gasteiger charge is -2.14. The first-order valence-electron chi connectivity index (χ1n) is 8.81. The number of hydrogen-bond donors (Lipinski definition) is 1. The SMILES string of the molecule is N#CCCn1nnnc1C=Cc1cc(C(F)(F)F)ccc1NS(=O)(=O)c1ccccc1. The zero-order chi connectivity index (χ0) is 22.5. The van der Waals surface area contributed by atoms with E-state index in [2.05, 4.69) is 20.2 Å². The summed E-state index contributed by atoms with van der Waals surface area (Å²) >= 11 is 0. The van der Waals surface area contributed by atoms with Crippen molar-refractivity contribution in [3.8, 4) is 6.07 Å². The zero-order valence-electron chi connectivity index (χ0n) is 15.8. The minimum absolute atomic E-state index is 0.0368. The van der Waals surface area contributed by atoms with Gasteiger partial charge in [0.05, 0.1) is 35.2 Å². The van der Waals surface area contributed by atoms with E-state index in [4.69, 9.17) is 5.26 Å². The van der Waals surface area contributed by atoms with Crippen LogP contribution in [0.3, 0.4) is 0 Å². The molecule has 3 aromatic rings. The van der Waals surface area contributed by atoms with Crippen LogP contribution in [0.25, 0.3) is 12.2 Å². The van der Waals surface area contributed by atoms with Crippen molar-refractivity contribution in [3.63, 3.8) is 0 Å². The summed E-state index contributed by atoms with van der Waals surface area (Å²) in [5, 5.41) is 19.6. The van der Waals surface area contributed by atoms with E-state index in [1.165, 1.54) is 41.1 Å². The highest BCUT2D eigenvalue weighted by Crippen LogP contribution is 2.33. The summed E-state index contributed by atoms with van der Waals surface area (Å²) in [5.74, 6) is 0.199. The minimum atomic E-state index is -4.62. The fourth-order valence-corrected chi connectivity index (χ4v) is 3.69. The Morgan fingerprint density at radius 2 is 1.87 bits per heavy atom. The van der Waals surface area contributed by atoms with Crippen molar-refractivity contribution in [2.24, 2.45) is 0 Å². The van der Waals surface area contributed by atoms with Crippen LogP contribution in [0.1, 0.15) is 23.4 Å². The van der Waals surface area contributed by atoms with Crippen molar-refractivity contribution in [1.82, 2.24) is 20.2 Å². The number of aryl methyl sites for hydroxylation is 1. The fraction of sp³-hybridized carbons (Fsp3) is 0.158. The molecular weight excluding hydrogens is 433 g/mol. The Bertz CT molecular complexity index is 1230. The monoisotopic (exact) mass is 448 g/mol. The molecule has 0 saturated carbocycles. The Hall–Kier alpha value is -3.72. The first-order chi connectivity index (χ1) is 14.7. The van der Waals surface area contributed by atoms with E-state index in [1.54, 1.807) is 6.07 Å². The van der Waals surface area contributed by atoms with Crippen LogP contribution in [0.4, 0.5) is 18.9 Å². The molecule has 0 bridgehead atoms. The third-order valence-corrected chi connectivity index (χ3v) is 5.47. The highest BCUT2D eigenvalue weighted by Gasteiger charge is 2.31. The van der Waals surface area contributed by atoms with E-state index < -0.39 is 21.8 Å². The van der Waals surface area contributed by atoms with Gasteiger partial charge in [0, 0.05) is 0 Å². The average molecular weight is 448 g/mol. The lowest BCUT2D eigenvalue weighted by Crippen LogP contribution is -2.14. The van der Waals surface area contributed by atoms with Crippen molar-refractivity contribution >= 4 is 27.9 Å². The summed E-state index contributed by atoms with van der Waals surface area (Å²) in [5.41, 5.74) is -1.04. The maximum absolute atomic E-state index is 13.2. The molecule has 3 rings (SSSR count). The fourth-order valence-electron chi connectivity index (χ4n) is 2.58. The second kappa shape index (κ2) is 8.97. The van der Waals surface area contributed by atoms with Gasteiger partial charge in [-0.1, -0.05) is 18.2 Å². The third-order valence-electron chi connectivity index (χ3n) is 4.08. The summed E-state index contributed by atoms with van der Waals surface area (Å²) in [6, 6.07) is 12.0. The predicted molar refractivity (Wildman–Crippen MR) is 106 cm³/mol. The van der Waals surface area contributed by atoms with E-state index in [9.17, 15) is 21.6 Å². The third kappa shape index (κ3) is 5.46. The molecule has 1 heterocycles. The molecule has 1 aromatic heterocycles. The van der Waals surface area contributed by atoms with Crippen molar-refractivity contribution in [2.75, 3.05) is 4.72 Å². The molecule has 0 aliphatic heterocycles. The second-order valence-corrected chi connectivity index (χ2v) is 7.90. The molecule has 0 unspecified atom stereocenters. The molecule has 160 valence electrons. The summed E-state index contributed by atoms with van der Waals surface area (Å²) in [6.45, 7) is 0.194. The smallest absolute Gasteiger partial charge is 0.279 e. The number of anilines is 1. The molecule has 0 aliphatic carbocycles. The Labute approximate surface area is 175 Å². The van der Waals surface area contributed by atoms with Gasteiger partial charge < -0.3 is 0 Å². The standard InChI is InChI=1S/C19H15F3N6O2S/c20-19(21,22)15-8-9-17(25-31(29,30)16-5-2-1-3-6-16)14(13-15)7-10-18-24-26-27-28(18)12-4-11-23/h1-3,5-10,13,25H,4,12H2. The van der Waals surface area contributed by atoms with E-state index in [1.807, 2.05) is 6.07 Å². The van der Waals surface area contributed by atoms with Gasteiger partial charge in [-0.3, -0.25) is 4.72 Å². The van der Waals surface area contributed by atoms with Crippen LogP contribution in [-0.2, 0) is 22.7 Å². The molecule has 2 aromatic carbocycles. The Balaban J connectivity index is 1.99. The van der Waals surface area contributed by atoms with Crippen LogP contribution in [0.15, 0.2) is 53.4 Å². The number of tetrazole rings is 1. The normalized spacial score (nSPS) is 12.1. The molecule has 0 radical (unpaired) electrons. The molecule has 1 N–H and O–H groups in total. The number of alkyl halides is 3. The number of sulfonamides is 1. The van der Waals surface area contributed by atoms with Gasteiger partial charge in [-0.2, -0.15) is 18.4 Å². The molecule has 0 spiro atoms. The van der Waals surface area contributed by atoms with Crippen LogP contribution in [0.5, 0.6) is 0 Å². The van der Waals surface area contributed by atoms with Crippen molar-refractivity contribution < 1.29 is 21.6 Å². The molecular formula is C19H15F3N6O2S. The van der Waals surface area contributed by atoms with E-state index in [-0.39, 0.29) is 34.9 Å². The first kappa shape index (κ1) is 22.0. The maximum Gasteiger partial charge on any atom is 0.416 e. The van der Waals surface area contributed by atoms with E-state index >= 15 is 0 Å². The topological polar surface area (TPSA) is 114 Å². The summed E-state index contributed by atoms with van der Waals surface area (Å²) in [4.78, 5) is -0.0368. The van der Waals surface area contributed by atoms with Gasteiger partial charge in [0.15, 0.2) is 5.82 Å². The van der Waals surface area contributed by atoms with E-state index in [0.717, 1.165) is 18.2 Å². The lowest BCUT2D eigenvalue weighted by molar-refractivity contribution is -0.137. The number of rotatable bonds is 7. The quantitative estimate of drug-likeness (QED) is 0.591. The van der Waals surface area contributed by atoms with Crippen LogP contribution in [0, 0.1) is 11.3 Å². The minimum Gasteiger partial charge on any atom is -0.279 e. The highest BCUT2D eigenvalue weighted by molar-refractivity contribution is 7.92. The molecule has 0 atom stereocenters. The Morgan fingerprint density at radius 1 is 1.13 bits per heavy atom. The number of hydrogen-bond acceptors (Lipinski definition) is 6. The molecule has 0 amide bonds. The molecule has 0 aliphatic rings. The van der Waals surface area contributed by atoms with Gasteiger partial charge in [0.2, 0.25) is 0 Å². The number of benzene rings is 2. The first-order valence-corrected chi connectivity index (χ1v) is 10.3. The molecule has 0 fully saturated rings. The van der Waals surface area contributed by atoms with Crippen LogP contribution in [-0.4, -0.2) is 28.6 Å². The van der Waals surface area contributed by atoms with Crippen LogP contribution >= 0.6 is 0 Å². The van der Waals surface area contributed by atoms with Gasteiger partial charge in [0.1, 0.15) is 0 Å². The molecule has 0 saturated heterocycles. The predicted octanol–water partition coefficient (Wildman–Crippen LogP) is 3.58.